The predicted octanol–water partition coefficient (Wildman–Crippen LogP) is 5.90. The molecule has 0 aliphatic heterocycles. The number of carbonyl (C=O) groups is 2. The number of hydrogen-bond donors (Lipinski definition) is 1. The van der Waals surface area contributed by atoms with Crippen LogP contribution in [-0.4, -0.2) is 48.6 Å². The molecule has 0 aliphatic carbocycles. The second-order valence-electron chi connectivity index (χ2n) is 7.14. The largest absolute Gasteiger partial charge is 0.438 e. The van der Waals surface area contributed by atoms with Crippen LogP contribution < -0.4 is 4.74 Å². The van der Waals surface area contributed by atoms with Gasteiger partial charge >= 0.3 is 29.9 Å². The maximum atomic E-state index is 13.5. The third-order valence-corrected chi connectivity index (χ3v) is 7.40. The van der Waals surface area contributed by atoms with E-state index in [-0.39, 0.29) is 12.2 Å². The van der Waals surface area contributed by atoms with Gasteiger partial charge < -0.3 is 9.47 Å². The standard InChI is InChI=1S/C18H17F6I3O7S/c1-2-3-4-5-10(14(28)33-13-11(26)6-9(25)7-12(13)27)15(29)34-16(17(19,20)21,18(22,23)24)8-35(30,31)32/h6-7,10H,2-5,8H2,1H3,(H,30,31,32). The van der Waals surface area contributed by atoms with E-state index in [2.05, 4.69) is 4.74 Å². The summed E-state index contributed by atoms with van der Waals surface area (Å²) >= 11 is 5.53. The molecule has 1 unspecified atom stereocenters. The summed E-state index contributed by atoms with van der Waals surface area (Å²) in [7, 11) is -5.96. The normalized spacial score (nSPS) is 13.9. The van der Waals surface area contributed by atoms with E-state index in [1.165, 1.54) is 0 Å². The molecule has 35 heavy (non-hydrogen) atoms. The van der Waals surface area contributed by atoms with Gasteiger partial charge in [-0.05, 0) is 86.3 Å². The number of rotatable bonds is 10. The molecular formula is C18H17F6I3O7S. The Labute approximate surface area is 237 Å². The second-order valence-corrected chi connectivity index (χ2v) is 12.2. The van der Waals surface area contributed by atoms with Gasteiger partial charge in [0.25, 0.3) is 10.1 Å². The number of unbranched alkanes of at least 4 members (excludes halogenated alkanes) is 2. The number of hydrogen-bond acceptors (Lipinski definition) is 6. The lowest BCUT2D eigenvalue weighted by Gasteiger charge is -2.36. The predicted molar refractivity (Wildman–Crippen MR) is 135 cm³/mol. The Hall–Kier alpha value is -0.160. The van der Waals surface area contributed by atoms with E-state index in [9.17, 15) is 44.3 Å². The van der Waals surface area contributed by atoms with Crippen molar-refractivity contribution < 1.29 is 58.4 Å². The minimum absolute atomic E-state index is 0.0373. The number of carbonyl (C=O) groups excluding carboxylic acids is 2. The Kier molecular flexibility index (Phi) is 11.8. The summed E-state index contributed by atoms with van der Waals surface area (Å²) in [6, 6.07) is 3.14. The van der Waals surface area contributed by atoms with Gasteiger partial charge in [0.15, 0.2) is 11.7 Å². The van der Waals surface area contributed by atoms with Gasteiger partial charge in [0, 0.05) is 3.57 Å². The maximum absolute atomic E-state index is 13.5. The zero-order valence-corrected chi connectivity index (χ0v) is 24.8. The number of benzene rings is 1. The Morgan fingerprint density at radius 2 is 1.46 bits per heavy atom. The van der Waals surface area contributed by atoms with Crippen LogP contribution in [0.3, 0.4) is 0 Å². The topological polar surface area (TPSA) is 107 Å². The molecule has 0 amide bonds. The van der Waals surface area contributed by atoms with Crippen molar-refractivity contribution in [2.24, 2.45) is 5.92 Å². The van der Waals surface area contributed by atoms with Gasteiger partial charge in [-0.3, -0.25) is 14.1 Å². The average Bonchev–Trinajstić information content (AvgIpc) is 2.64. The van der Waals surface area contributed by atoms with Crippen LogP contribution in [-0.2, 0) is 24.4 Å². The molecule has 1 atom stereocenters. The smallest absolute Gasteiger partial charge is 0.438 e. The van der Waals surface area contributed by atoms with Crippen LogP contribution in [0.5, 0.6) is 5.75 Å². The van der Waals surface area contributed by atoms with E-state index in [0.29, 0.717) is 20.0 Å². The minimum Gasteiger partial charge on any atom is -0.438 e. The molecule has 0 radical (unpaired) electrons. The van der Waals surface area contributed by atoms with Gasteiger partial charge in [0.05, 0.1) is 7.14 Å². The molecule has 17 heteroatoms. The van der Waals surface area contributed by atoms with Crippen LogP contribution in [0.4, 0.5) is 26.3 Å². The summed E-state index contributed by atoms with van der Waals surface area (Å²) in [6.07, 6.45) is -12.6. The van der Waals surface area contributed by atoms with Gasteiger partial charge in [-0.25, -0.2) is 0 Å². The van der Waals surface area contributed by atoms with Gasteiger partial charge in [-0.15, -0.1) is 0 Å². The highest BCUT2D eigenvalue weighted by molar-refractivity contribution is 14.1. The summed E-state index contributed by atoms with van der Waals surface area (Å²) in [5.41, 5.74) is -5.61. The maximum Gasteiger partial charge on any atom is 0.438 e. The summed E-state index contributed by atoms with van der Waals surface area (Å²) in [6.45, 7) is 1.71. The van der Waals surface area contributed by atoms with Crippen molar-refractivity contribution in [2.75, 3.05) is 5.75 Å². The summed E-state index contributed by atoms with van der Waals surface area (Å²) in [5, 5.41) is 0. The number of halogens is 9. The van der Waals surface area contributed by atoms with Crippen molar-refractivity contribution >= 4 is 89.8 Å². The zero-order valence-electron chi connectivity index (χ0n) is 17.5. The molecule has 0 bridgehead atoms. The lowest BCUT2D eigenvalue weighted by Crippen LogP contribution is -2.64. The van der Waals surface area contributed by atoms with Gasteiger partial charge in [0.2, 0.25) is 0 Å². The quantitative estimate of drug-likeness (QED) is 0.0595. The molecule has 0 heterocycles. The highest BCUT2D eigenvalue weighted by atomic mass is 127. The summed E-state index contributed by atoms with van der Waals surface area (Å²) in [5.74, 6) is -9.12. The van der Waals surface area contributed by atoms with Crippen molar-refractivity contribution in [1.82, 2.24) is 0 Å². The molecule has 0 fully saturated rings. The monoisotopic (exact) mass is 872 g/mol. The molecule has 1 rings (SSSR count). The van der Waals surface area contributed by atoms with Crippen LogP contribution in [0.25, 0.3) is 0 Å². The van der Waals surface area contributed by atoms with E-state index in [1.54, 1.807) is 64.2 Å². The zero-order chi connectivity index (χ0) is 27.4. The fraction of sp³-hybridized carbons (Fsp3) is 0.556. The minimum atomic E-state index is -6.50. The van der Waals surface area contributed by atoms with Gasteiger partial charge in [-0.2, -0.15) is 34.8 Å². The first-order chi connectivity index (χ1) is 15.8. The van der Waals surface area contributed by atoms with E-state index < -0.39 is 58.1 Å². The Balaban J connectivity index is 3.47. The molecule has 0 aliphatic rings. The molecule has 200 valence electrons. The molecule has 0 spiro atoms. The van der Waals surface area contributed by atoms with Crippen LogP contribution in [0.15, 0.2) is 12.1 Å². The van der Waals surface area contributed by atoms with Crippen molar-refractivity contribution in [3.8, 4) is 5.75 Å². The highest BCUT2D eigenvalue weighted by Crippen LogP contribution is 2.47. The number of alkyl halides is 6. The molecule has 1 aromatic rings. The molecule has 7 nitrogen and oxygen atoms in total. The van der Waals surface area contributed by atoms with E-state index in [1.807, 2.05) is 22.6 Å². The van der Waals surface area contributed by atoms with Crippen molar-refractivity contribution in [3.05, 3.63) is 22.8 Å². The first-order valence-electron chi connectivity index (χ1n) is 9.43. The van der Waals surface area contributed by atoms with E-state index >= 15 is 0 Å². The van der Waals surface area contributed by atoms with Crippen molar-refractivity contribution in [2.45, 2.75) is 50.6 Å². The SMILES string of the molecule is CCCCCC(C(=O)Oc1c(I)cc(I)cc1I)C(=O)OC(CS(=O)(=O)O)(C(F)(F)F)C(F)(F)F. The highest BCUT2D eigenvalue weighted by Gasteiger charge is 2.76. The fourth-order valence-corrected chi connectivity index (χ4v) is 7.40. The average molecular weight is 872 g/mol. The van der Waals surface area contributed by atoms with E-state index in [4.69, 9.17) is 9.29 Å². The number of ether oxygens (including phenoxy) is 2. The fourth-order valence-electron chi connectivity index (χ4n) is 2.70. The Morgan fingerprint density at radius 1 is 0.971 bits per heavy atom. The molecule has 0 saturated heterocycles. The van der Waals surface area contributed by atoms with Gasteiger partial charge in [-0.1, -0.05) is 26.2 Å². The van der Waals surface area contributed by atoms with Crippen LogP contribution in [0.1, 0.15) is 32.6 Å². The Morgan fingerprint density at radius 3 is 1.86 bits per heavy atom. The lowest BCUT2D eigenvalue weighted by molar-refractivity contribution is -0.362. The summed E-state index contributed by atoms with van der Waals surface area (Å²) in [4.78, 5) is 25.3. The molecule has 0 aromatic heterocycles. The molecule has 1 aromatic carbocycles. The first kappa shape index (κ1) is 32.9. The van der Waals surface area contributed by atoms with Crippen LogP contribution >= 0.6 is 67.8 Å². The van der Waals surface area contributed by atoms with E-state index in [0.717, 1.165) is 3.57 Å². The first-order valence-corrected chi connectivity index (χ1v) is 14.3. The summed E-state index contributed by atoms with van der Waals surface area (Å²) < 4.78 is 122. The molecule has 0 saturated carbocycles. The third kappa shape index (κ3) is 8.97. The number of esters is 2. The second kappa shape index (κ2) is 12.6. The van der Waals surface area contributed by atoms with Crippen molar-refractivity contribution in [1.29, 1.82) is 0 Å². The van der Waals surface area contributed by atoms with Crippen molar-refractivity contribution in [3.63, 3.8) is 0 Å². The molecular weight excluding hydrogens is 855 g/mol. The van der Waals surface area contributed by atoms with Crippen LogP contribution in [0, 0.1) is 16.6 Å². The van der Waals surface area contributed by atoms with Gasteiger partial charge in [0.1, 0.15) is 5.75 Å². The molecule has 1 N–H and O–H groups in total. The lowest BCUT2D eigenvalue weighted by atomic mass is 10.00. The van der Waals surface area contributed by atoms with Crippen LogP contribution in [0.2, 0.25) is 0 Å². The third-order valence-electron chi connectivity index (χ3n) is 4.41. The Bertz CT molecular complexity index is 1010.